The van der Waals surface area contributed by atoms with E-state index in [2.05, 4.69) is 26.3 Å². The Kier molecular flexibility index (Phi) is 2.89. The highest BCUT2D eigenvalue weighted by Crippen LogP contribution is 2.22. The lowest BCUT2D eigenvalue weighted by Crippen LogP contribution is -1.97. The lowest BCUT2D eigenvalue weighted by Gasteiger charge is -2.07. The summed E-state index contributed by atoms with van der Waals surface area (Å²) in [6.07, 6.45) is 3.72. The van der Waals surface area contributed by atoms with E-state index in [1.807, 2.05) is 42.6 Å². The molecular weight excluding hydrogens is 276 g/mol. The Morgan fingerprint density at radius 1 is 1.05 bits per heavy atom. The highest BCUT2D eigenvalue weighted by atomic mass is 16.5. The average molecular weight is 290 g/mol. The number of nitrogens with one attached hydrogen (secondary N) is 2. The van der Waals surface area contributed by atoms with E-state index in [1.54, 1.807) is 13.3 Å². The van der Waals surface area contributed by atoms with Crippen LogP contribution in [-0.4, -0.2) is 22.1 Å². The highest BCUT2D eigenvalue weighted by Gasteiger charge is 2.03. The standard InChI is InChI=1S/C17H14N4O/c1-22-14-4-5-15-12(8-14)10-19-17(21-15)20-13-3-2-11-6-7-18-16(11)9-13/h2-10,18H,1H3,(H,19,20,21). The fourth-order valence-electron chi connectivity index (χ4n) is 2.45. The number of ether oxygens (including phenoxy) is 1. The molecule has 0 atom stereocenters. The second-order valence-corrected chi connectivity index (χ2v) is 5.02. The molecule has 2 N–H and O–H groups in total. The molecule has 4 aromatic rings. The largest absolute Gasteiger partial charge is 0.497 e. The molecule has 2 aromatic heterocycles. The molecule has 22 heavy (non-hydrogen) atoms. The predicted octanol–water partition coefficient (Wildman–Crippen LogP) is 3.86. The molecule has 0 spiro atoms. The van der Waals surface area contributed by atoms with Crippen LogP contribution in [0.15, 0.2) is 54.9 Å². The summed E-state index contributed by atoms with van der Waals surface area (Å²) in [4.78, 5) is 12.1. The van der Waals surface area contributed by atoms with Crippen molar-refractivity contribution < 1.29 is 4.74 Å². The minimum atomic E-state index is 0.573. The van der Waals surface area contributed by atoms with Crippen LogP contribution in [0.25, 0.3) is 21.8 Å². The van der Waals surface area contributed by atoms with Crippen molar-refractivity contribution in [3.05, 3.63) is 54.9 Å². The van der Waals surface area contributed by atoms with E-state index >= 15 is 0 Å². The Hall–Kier alpha value is -3.08. The maximum atomic E-state index is 5.21. The molecule has 0 aliphatic heterocycles. The Morgan fingerprint density at radius 2 is 2.00 bits per heavy atom. The molecular formula is C17H14N4O. The molecule has 0 amide bonds. The third kappa shape index (κ3) is 2.22. The molecule has 2 heterocycles. The van der Waals surface area contributed by atoms with Gasteiger partial charge in [0.05, 0.1) is 12.6 Å². The number of aromatic nitrogens is 3. The first-order valence-corrected chi connectivity index (χ1v) is 6.97. The van der Waals surface area contributed by atoms with Gasteiger partial charge in [-0.15, -0.1) is 0 Å². The Morgan fingerprint density at radius 3 is 2.91 bits per heavy atom. The fourth-order valence-corrected chi connectivity index (χ4v) is 2.45. The molecule has 4 rings (SSSR count). The van der Waals surface area contributed by atoms with Crippen molar-refractivity contribution in [3.63, 3.8) is 0 Å². The summed E-state index contributed by atoms with van der Waals surface area (Å²) < 4.78 is 5.21. The molecule has 0 radical (unpaired) electrons. The van der Waals surface area contributed by atoms with E-state index in [4.69, 9.17) is 4.74 Å². The van der Waals surface area contributed by atoms with Gasteiger partial charge in [0, 0.05) is 29.0 Å². The van der Waals surface area contributed by atoms with Crippen molar-refractivity contribution >= 4 is 33.4 Å². The number of benzene rings is 2. The molecule has 108 valence electrons. The minimum Gasteiger partial charge on any atom is -0.497 e. The zero-order valence-electron chi connectivity index (χ0n) is 12.0. The smallest absolute Gasteiger partial charge is 0.227 e. The molecule has 0 saturated carbocycles. The van der Waals surface area contributed by atoms with Crippen LogP contribution in [0.4, 0.5) is 11.6 Å². The molecule has 0 saturated heterocycles. The summed E-state index contributed by atoms with van der Waals surface area (Å²) in [6.45, 7) is 0. The van der Waals surface area contributed by atoms with Gasteiger partial charge in [-0.1, -0.05) is 6.07 Å². The van der Waals surface area contributed by atoms with Crippen molar-refractivity contribution in [2.75, 3.05) is 12.4 Å². The Balaban J connectivity index is 1.68. The van der Waals surface area contributed by atoms with Crippen LogP contribution in [0.5, 0.6) is 5.75 Å². The summed E-state index contributed by atoms with van der Waals surface area (Å²) >= 11 is 0. The van der Waals surface area contributed by atoms with Crippen LogP contribution in [0.2, 0.25) is 0 Å². The second kappa shape index (κ2) is 5.04. The third-order valence-electron chi connectivity index (χ3n) is 3.60. The SMILES string of the molecule is COc1ccc2nc(Nc3ccc4cc[nH]c4c3)ncc2c1. The van der Waals surface area contributed by atoms with Crippen molar-refractivity contribution in [2.45, 2.75) is 0 Å². The number of aromatic amines is 1. The zero-order valence-corrected chi connectivity index (χ0v) is 12.0. The van der Waals surface area contributed by atoms with Gasteiger partial charge in [-0.2, -0.15) is 0 Å². The predicted molar refractivity (Wildman–Crippen MR) is 87.7 cm³/mol. The van der Waals surface area contributed by atoms with E-state index in [1.165, 1.54) is 5.39 Å². The molecule has 2 aromatic carbocycles. The van der Waals surface area contributed by atoms with Gasteiger partial charge in [0.15, 0.2) is 0 Å². The van der Waals surface area contributed by atoms with E-state index in [0.717, 1.165) is 27.9 Å². The topological polar surface area (TPSA) is 62.8 Å². The van der Waals surface area contributed by atoms with Gasteiger partial charge in [0.2, 0.25) is 5.95 Å². The van der Waals surface area contributed by atoms with Gasteiger partial charge < -0.3 is 15.0 Å². The number of hydrogen-bond donors (Lipinski definition) is 2. The molecule has 5 heteroatoms. The fraction of sp³-hybridized carbons (Fsp3) is 0.0588. The first-order valence-electron chi connectivity index (χ1n) is 6.97. The average Bonchev–Trinajstić information content (AvgIpc) is 3.02. The quantitative estimate of drug-likeness (QED) is 0.601. The second-order valence-electron chi connectivity index (χ2n) is 5.02. The molecule has 0 fully saturated rings. The molecule has 0 aliphatic carbocycles. The number of methoxy groups -OCH3 is 1. The summed E-state index contributed by atoms with van der Waals surface area (Å²) in [7, 11) is 1.65. The first kappa shape index (κ1) is 12.6. The van der Waals surface area contributed by atoms with Crippen LogP contribution in [-0.2, 0) is 0 Å². The van der Waals surface area contributed by atoms with Gasteiger partial charge in [-0.25, -0.2) is 9.97 Å². The highest BCUT2D eigenvalue weighted by molar-refractivity contribution is 5.84. The third-order valence-corrected chi connectivity index (χ3v) is 3.60. The summed E-state index contributed by atoms with van der Waals surface area (Å²) in [6, 6.07) is 13.9. The number of anilines is 2. The molecule has 0 unspecified atom stereocenters. The minimum absolute atomic E-state index is 0.573. The summed E-state index contributed by atoms with van der Waals surface area (Å²) in [5.74, 6) is 1.37. The number of fused-ring (bicyclic) bond motifs is 2. The van der Waals surface area contributed by atoms with Crippen LogP contribution >= 0.6 is 0 Å². The molecule has 5 nitrogen and oxygen atoms in total. The van der Waals surface area contributed by atoms with Crippen LogP contribution in [0, 0.1) is 0 Å². The van der Waals surface area contributed by atoms with Crippen molar-refractivity contribution in [1.29, 1.82) is 0 Å². The zero-order chi connectivity index (χ0) is 14.9. The monoisotopic (exact) mass is 290 g/mol. The van der Waals surface area contributed by atoms with E-state index < -0.39 is 0 Å². The number of nitrogens with zero attached hydrogens (tertiary/aromatic N) is 2. The van der Waals surface area contributed by atoms with Crippen LogP contribution < -0.4 is 10.1 Å². The van der Waals surface area contributed by atoms with Gasteiger partial charge in [-0.3, -0.25) is 0 Å². The molecule has 0 bridgehead atoms. The van der Waals surface area contributed by atoms with Crippen LogP contribution in [0.1, 0.15) is 0 Å². The maximum absolute atomic E-state index is 5.21. The van der Waals surface area contributed by atoms with Crippen molar-refractivity contribution in [2.24, 2.45) is 0 Å². The molecule has 0 aliphatic rings. The number of hydrogen-bond acceptors (Lipinski definition) is 4. The number of rotatable bonds is 3. The summed E-state index contributed by atoms with van der Waals surface area (Å²) in [5.41, 5.74) is 2.90. The van der Waals surface area contributed by atoms with Gasteiger partial charge in [0.1, 0.15) is 5.75 Å². The van der Waals surface area contributed by atoms with E-state index in [-0.39, 0.29) is 0 Å². The number of H-pyrrole nitrogens is 1. The van der Waals surface area contributed by atoms with Crippen molar-refractivity contribution in [3.8, 4) is 5.75 Å². The Labute approximate surface area is 127 Å². The maximum Gasteiger partial charge on any atom is 0.227 e. The lowest BCUT2D eigenvalue weighted by molar-refractivity contribution is 0.415. The van der Waals surface area contributed by atoms with Gasteiger partial charge in [-0.05, 0) is 41.8 Å². The van der Waals surface area contributed by atoms with Gasteiger partial charge in [0.25, 0.3) is 0 Å². The first-order chi connectivity index (χ1) is 10.8. The van der Waals surface area contributed by atoms with E-state index in [0.29, 0.717) is 5.95 Å². The Bertz CT molecular complexity index is 961. The van der Waals surface area contributed by atoms with Crippen LogP contribution in [0.3, 0.4) is 0 Å². The van der Waals surface area contributed by atoms with Gasteiger partial charge >= 0.3 is 0 Å². The van der Waals surface area contributed by atoms with E-state index in [9.17, 15) is 0 Å². The normalized spacial score (nSPS) is 11.0. The van der Waals surface area contributed by atoms with Crippen molar-refractivity contribution in [1.82, 2.24) is 15.0 Å². The lowest BCUT2D eigenvalue weighted by atomic mass is 10.2. The summed E-state index contributed by atoms with van der Waals surface area (Å²) in [5, 5.41) is 5.36.